The molecule has 1 aromatic carbocycles. The Kier molecular flexibility index (Phi) is 6.12. The van der Waals surface area contributed by atoms with Crippen LogP contribution in [0.3, 0.4) is 0 Å². The van der Waals surface area contributed by atoms with Gasteiger partial charge in [0.15, 0.2) is 0 Å². The van der Waals surface area contributed by atoms with Crippen LogP contribution in [0, 0.1) is 24.6 Å². The number of aliphatic carboxylic acids is 1. The quantitative estimate of drug-likeness (QED) is 0.779. The SMILES string of the molecule is Cc1nn(C(C)c2ccc(F)cc2)c2c1CCN(C(=O)CC1CCC(C(=O)O)CC1)C2. The predicted molar refractivity (Wildman–Crippen MR) is 114 cm³/mol. The Balaban J connectivity index is 1.45. The van der Waals surface area contributed by atoms with Crippen LogP contribution in [0.2, 0.25) is 0 Å². The van der Waals surface area contributed by atoms with Crippen molar-refractivity contribution in [2.75, 3.05) is 6.54 Å². The number of carboxylic acid groups (broad SMARTS) is 1. The van der Waals surface area contributed by atoms with E-state index >= 15 is 0 Å². The van der Waals surface area contributed by atoms with Crippen LogP contribution in [-0.2, 0) is 22.6 Å². The van der Waals surface area contributed by atoms with E-state index in [0.29, 0.717) is 32.4 Å². The van der Waals surface area contributed by atoms with Crippen molar-refractivity contribution in [1.29, 1.82) is 0 Å². The lowest BCUT2D eigenvalue weighted by molar-refractivity contribution is -0.143. The van der Waals surface area contributed by atoms with Gasteiger partial charge in [0.05, 0.1) is 29.9 Å². The van der Waals surface area contributed by atoms with Crippen LogP contribution >= 0.6 is 0 Å². The van der Waals surface area contributed by atoms with Gasteiger partial charge >= 0.3 is 5.97 Å². The number of nitrogens with zero attached hydrogens (tertiary/aromatic N) is 3. The number of halogens is 1. The largest absolute Gasteiger partial charge is 0.481 e. The molecule has 1 aromatic heterocycles. The maximum atomic E-state index is 13.3. The number of carbonyl (C=O) groups excluding carboxylic acids is 1. The molecule has 2 heterocycles. The minimum Gasteiger partial charge on any atom is -0.481 e. The molecule has 2 aromatic rings. The van der Waals surface area contributed by atoms with Gasteiger partial charge < -0.3 is 10.0 Å². The summed E-state index contributed by atoms with van der Waals surface area (Å²) in [4.78, 5) is 26.1. The average Bonchev–Trinajstić information content (AvgIpc) is 3.10. The van der Waals surface area contributed by atoms with Crippen molar-refractivity contribution in [2.45, 2.75) is 65.0 Å². The van der Waals surface area contributed by atoms with Gasteiger partial charge in [-0.3, -0.25) is 14.3 Å². The molecule has 1 N–H and O–H groups in total. The van der Waals surface area contributed by atoms with Crippen LogP contribution in [0.5, 0.6) is 0 Å². The van der Waals surface area contributed by atoms with Crippen molar-refractivity contribution in [3.8, 4) is 0 Å². The first-order chi connectivity index (χ1) is 14.8. The van der Waals surface area contributed by atoms with Crippen LogP contribution in [0.1, 0.15) is 67.6 Å². The van der Waals surface area contributed by atoms with Gasteiger partial charge in [0, 0.05) is 13.0 Å². The van der Waals surface area contributed by atoms with Gasteiger partial charge in [-0.05, 0) is 75.1 Å². The summed E-state index contributed by atoms with van der Waals surface area (Å²) < 4.78 is 15.3. The van der Waals surface area contributed by atoms with Crippen molar-refractivity contribution < 1.29 is 19.1 Å². The number of carbonyl (C=O) groups is 2. The van der Waals surface area contributed by atoms with Crippen molar-refractivity contribution >= 4 is 11.9 Å². The fraction of sp³-hybridized carbons (Fsp3) is 0.542. The Hall–Kier alpha value is -2.70. The molecule has 1 saturated carbocycles. The van der Waals surface area contributed by atoms with Crippen LogP contribution in [0.15, 0.2) is 24.3 Å². The third-order valence-corrected chi connectivity index (χ3v) is 7.02. The lowest BCUT2D eigenvalue weighted by Crippen LogP contribution is -2.38. The van der Waals surface area contributed by atoms with Gasteiger partial charge in [0.25, 0.3) is 0 Å². The number of benzene rings is 1. The summed E-state index contributed by atoms with van der Waals surface area (Å²) in [5.74, 6) is -0.816. The van der Waals surface area contributed by atoms with E-state index < -0.39 is 5.97 Å². The van der Waals surface area contributed by atoms with E-state index in [-0.39, 0.29) is 29.6 Å². The van der Waals surface area contributed by atoms with Crippen molar-refractivity contribution in [3.05, 3.63) is 52.6 Å². The van der Waals surface area contributed by atoms with Gasteiger partial charge in [0.1, 0.15) is 5.82 Å². The molecule has 1 fully saturated rings. The van der Waals surface area contributed by atoms with E-state index in [2.05, 4.69) is 0 Å². The number of fused-ring (bicyclic) bond motifs is 1. The number of amides is 1. The fourth-order valence-electron chi connectivity index (χ4n) is 5.03. The third-order valence-electron chi connectivity index (χ3n) is 7.02. The summed E-state index contributed by atoms with van der Waals surface area (Å²) in [5, 5.41) is 13.9. The van der Waals surface area contributed by atoms with E-state index in [0.717, 1.165) is 36.2 Å². The molecule has 1 aliphatic heterocycles. The number of hydrogen-bond acceptors (Lipinski definition) is 3. The lowest BCUT2D eigenvalue weighted by Gasteiger charge is -2.32. The highest BCUT2D eigenvalue weighted by Gasteiger charge is 2.31. The van der Waals surface area contributed by atoms with Gasteiger partial charge in [-0.15, -0.1) is 0 Å². The molecule has 1 unspecified atom stereocenters. The standard InChI is InChI=1S/C24H30FN3O3/c1-15-21-11-12-27(23(29)13-17-3-5-19(6-4-17)24(30)31)14-22(21)28(26-15)16(2)18-7-9-20(25)10-8-18/h7-10,16-17,19H,3-6,11-14H2,1-2H3,(H,30,31). The zero-order chi connectivity index (χ0) is 22.1. The second kappa shape index (κ2) is 8.81. The molecule has 1 atom stereocenters. The molecule has 0 saturated heterocycles. The monoisotopic (exact) mass is 427 g/mol. The molecular formula is C24H30FN3O3. The molecule has 1 aliphatic carbocycles. The highest BCUT2D eigenvalue weighted by Crippen LogP contribution is 2.33. The number of aromatic nitrogens is 2. The van der Waals surface area contributed by atoms with Gasteiger partial charge in [-0.2, -0.15) is 5.10 Å². The lowest BCUT2D eigenvalue weighted by atomic mass is 9.80. The Morgan fingerprint density at radius 2 is 1.87 bits per heavy atom. The first-order valence-electron chi connectivity index (χ1n) is 11.2. The molecule has 0 spiro atoms. The van der Waals surface area contributed by atoms with Crippen LogP contribution in [0.4, 0.5) is 4.39 Å². The predicted octanol–water partition coefficient (Wildman–Crippen LogP) is 4.11. The molecule has 166 valence electrons. The van der Waals surface area contributed by atoms with Crippen LogP contribution in [0.25, 0.3) is 0 Å². The smallest absolute Gasteiger partial charge is 0.306 e. The molecule has 1 amide bonds. The van der Waals surface area contributed by atoms with Gasteiger partial charge in [-0.1, -0.05) is 12.1 Å². The van der Waals surface area contributed by atoms with Gasteiger partial charge in [0.2, 0.25) is 5.91 Å². The van der Waals surface area contributed by atoms with Crippen molar-refractivity contribution in [1.82, 2.24) is 14.7 Å². The maximum absolute atomic E-state index is 13.3. The molecule has 31 heavy (non-hydrogen) atoms. The van der Waals surface area contributed by atoms with E-state index in [4.69, 9.17) is 10.2 Å². The minimum absolute atomic E-state index is 0.0515. The van der Waals surface area contributed by atoms with Crippen LogP contribution in [-0.4, -0.2) is 38.2 Å². The molecular weight excluding hydrogens is 397 g/mol. The Morgan fingerprint density at radius 1 is 1.19 bits per heavy atom. The van der Waals surface area contributed by atoms with E-state index in [1.54, 1.807) is 12.1 Å². The second-order valence-corrected chi connectivity index (χ2v) is 9.01. The summed E-state index contributed by atoms with van der Waals surface area (Å²) in [5.41, 5.74) is 4.23. The first kappa shape index (κ1) is 21.5. The fourth-order valence-corrected chi connectivity index (χ4v) is 5.03. The summed E-state index contributed by atoms with van der Waals surface area (Å²) in [7, 11) is 0. The number of hydrogen-bond donors (Lipinski definition) is 1. The topological polar surface area (TPSA) is 75.4 Å². The van der Waals surface area contributed by atoms with E-state index in [1.807, 2.05) is 23.4 Å². The highest BCUT2D eigenvalue weighted by molar-refractivity contribution is 5.77. The Morgan fingerprint density at radius 3 is 2.52 bits per heavy atom. The van der Waals surface area contributed by atoms with Crippen molar-refractivity contribution in [3.63, 3.8) is 0 Å². The molecule has 4 rings (SSSR count). The number of carboxylic acids is 1. The van der Waals surface area contributed by atoms with E-state index in [1.165, 1.54) is 17.7 Å². The first-order valence-corrected chi connectivity index (χ1v) is 11.2. The van der Waals surface area contributed by atoms with Gasteiger partial charge in [-0.25, -0.2) is 4.39 Å². The van der Waals surface area contributed by atoms with E-state index in [9.17, 15) is 14.0 Å². The Bertz CT molecular complexity index is 961. The summed E-state index contributed by atoms with van der Waals surface area (Å²) in [6, 6.07) is 6.43. The maximum Gasteiger partial charge on any atom is 0.306 e. The minimum atomic E-state index is -0.716. The third kappa shape index (κ3) is 4.50. The molecule has 2 aliphatic rings. The zero-order valence-corrected chi connectivity index (χ0v) is 18.2. The average molecular weight is 428 g/mol. The number of rotatable bonds is 5. The zero-order valence-electron chi connectivity index (χ0n) is 18.2. The summed E-state index contributed by atoms with van der Waals surface area (Å²) in [6.45, 7) is 5.27. The summed E-state index contributed by atoms with van der Waals surface area (Å²) in [6.07, 6.45) is 4.22. The van der Waals surface area contributed by atoms with Crippen molar-refractivity contribution in [2.24, 2.45) is 11.8 Å². The second-order valence-electron chi connectivity index (χ2n) is 9.01. The Labute approximate surface area is 182 Å². The highest BCUT2D eigenvalue weighted by atomic mass is 19.1. The summed E-state index contributed by atoms with van der Waals surface area (Å²) >= 11 is 0. The number of aryl methyl sites for hydroxylation is 1. The molecule has 6 nitrogen and oxygen atoms in total. The molecule has 7 heteroatoms. The van der Waals surface area contributed by atoms with Crippen LogP contribution < -0.4 is 0 Å². The normalized spacial score (nSPS) is 22.1. The molecule has 0 radical (unpaired) electrons. The molecule has 0 bridgehead atoms.